The fourth-order valence-corrected chi connectivity index (χ4v) is 14.5. The third-order valence-electron chi connectivity index (χ3n) is 20.1. The van der Waals surface area contributed by atoms with Crippen molar-refractivity contribution < 1.29 is 75.8 Å². The van der Waals surface area contributed by atoms with Crippen molar-refractivity contribution in [2.24, 2.45) is 0 Å². The maximum atomic E-state index is 13.1. The Morgan fingerprint density at radius 2 is 0.438 bits per heavy atom. The zero-order valence-corrected chi connectivity index (χ0v) is 78.2. The molecule has 0 aromatic rings. The first-order chi connectivity index (χ1) is 59.2. The van der Waals surface area contributed by atoms with Gasteiger partial charge in [0.25, 0.3) is 0 Å². The van der Waals surface area contributed by atoms with Gasteiger partial charge in [-0.15, -0.1) is 0 Å². The van der Waals surface area contributed by atoms with E-state index in [1.54, 1.807) is 0 Å². The van der Waals surface area contributed by atoms with Gasteiger partial charge in [0.15, 0.2) is 6.10 Å². The molecule has 0 bridgehead atoms. The van der Waals surface area contributed by atoms with Gasteiger partial charge in [-0.05, 0) is 161 Å². The molecule has 0 aromatic carbocycles. The number of carbonyl (C=O) groups excluding carboxylic acids is 3. The zero-order valence-electron chi connectivity index (χ0n) is 76.4. The molecule has 0 amide bonds. The number of hydrogen-bond donors (Lipinski definition) is 4. The predicted molar refractivity (Wildman–Crippen MR) is 509 cm³/mol. The predicted octanol–water partition coefficient (Wildman–Crippen LogP) is 30.0. The molecular weight excluding hydrogens is 1560 g/mol. The lowest BCUT2D eigenvalue weighted by Crippen LogP contribution is -2.30. The van der Waals surface area contributed by atoms with Crippen molar-refractivity contribution in [3.05, 3.63) is 182 Å². The van der Waals surface area contributed by atoms with Gasteiger partial charge < -0.3 is 34.2 Å². The molecule has 0 saturated carbocycles. The minimum atomic E-state index is -4.95. The van der Waals surface area contributed by atoms with Crippen LogP contribution < -0.4 is 0 Å². The molecule has 0 radical (unpaired) electrons. The van der Waals surface area contributed by atoms with Crippen LogP contribution in [0.5, 0.6) is 0 Å². The summed E-state index contributed by atoms with van der Waals surface area (Å²) < 4.78 is 61.5. The molecule has 0 aliphatic carbocycles. The van der Waals surface area contributed by atoms with E-state index in [1.165, 1.54) is 161 Å². The van der Waals surface area contributed by atoms with E-state index in [0.717, 1.165) is 173 Å². The number of unbranched alkanes of at least 4 members (excludes halogenated alkanes) is 37. The second kappa shape index (κ2) is 93.8. The highest BCUT2D eigenvalue weighted by Crippen LogP contribution is 2.45. The lowest BCUT2D eigenvalue weighted by Gasteiger charge is -2.21. The van der Waals surface area contributed by atoms with E-state index in [1.807, 2.05) is 0 Å². The summed E-state index contributed by atoms with van der Waals surface area (Å²) >= 11 is 0. The Bertz CT molecular complexity index is 2930. The van der Waals surface area contributed by atoms with Crippen LogP contribution in [0.2, 0.25) is 0 Å². The molecule has 16 nitrogen and oxygen atoms in total. The minimum Gasteiger partial charge on any atom is -0.463 e. The Morgan fingerprint density at radius 3 is 0.694 bits per heavy atom. The quantitative estimate of drug-likeness (QED) is 0.0146. The van der Waals surface area contributed by atoms with Crippen LogP contribution in [0.1, 0.15) is 393 Å². The van der Waals surface area contributed by atoms with Gasteiger partial charge in [0.1, 0.15) is 25.4 Å². The largest absolute Gasteiger partial charge is 0.472 e. The molecule has 0 aromatic heterocycles. The van der Waals surface area contributed by atoms with E-state index in [2.05, 4.69) is 203 Å². The molecule has 121 heavy (non-hydrogen) atoms. The third-order valence-corrected chi connectivity index (χ3v) is 22.0. The first-order valence-corrected chi connectivity index (χ1v) is 51.1. The molecule has 0 aliphatic heterocycles. The third kappa shape index (κ3) is 95.2. The highest BCUT2D eigenvalue weighted by Gasteiger charge is 2.30. The standard InChI is InChI=1S/C103H174O16P2/c1-4-7-10-13-16-19-22-25-28-31-34-37-39-41-43-45-46-47-48-49-50-52-54-55-57-60-62-65-68-71-74-77-80-83-86-89-101(106)113-92-98(104)93-115-120(109,110)116-94-99(105)95-117-121(111,112)118-97-100(119-103(108)91-88-85-82-79-76-73-70-67-64-59-36-33-30-27-24-21-18-15-12-9-6-3)96-114-102(107)90-87-84-81-78-75-72-69-66-63-61-58-56-53-51-44-42-40-38-35-32-29-26-23-20-17-14-11-8-5-2/h8-9,11-12,16-21,25-30,34-38,41-44,53,56,59,67,70,98-100,104-105H,4-7,10,13-15,22-24,31-33,39-40,45-52,54-55,57-58,60-66,68-69,71-97H2,1-3H3,(H,109,110)(H,111,112)/b11-8-,12-9-,19-16-,20-17-,21-18-,28-25-,29-26-,30-27-,37-34-,38-35-,43-41-,44-42-,56-53-,59-36-,70-67-. The van der Waals surface area contributed by atoms with Crippen LogP contribution in [0.4, 0.5) is 0 Å². The molecular formula is C103H174O16P2. The summed E-state index contributed by atoms with van der Waals surface area (Å²) in [4.78, 5) is 59.1. The molecule has 0 rings (SSSR count). The summed E-state index contributed by atoms with van der Waals surface area (Å²) in [6, 6.07) is 0. The van der Waals surface area contributed by atoms with E-state index in [-0.39, 0.29) is 19.3 Å². The van der Waals surface area contributed by atoms with Crippen LogP contribution in [-0.2, 0) is 55.8 Å². The average molecular weight is 1730 g/mol. The average Bonchev–Trinajstić information content (AvgIpc) is 0.913. The summed E-state index contributed by atoms with van der Waals surface area (Å²) in [6.45, 7) is 2.44. The normalized spacial score (nSPS) is 14.5. The lowest BCUT2D eigenvalue weighted by molar-refractivity contribution is -0.161. The highest BCUT2D eigenvalue weighted by molar-refractivity contribution is 7.47. The van der Waals surface area contributed by atoms with Crippen molar-refractivity contribution in [1.82, 2.24) is 0 Å². The van der Waals surface area contributed by atoms with Gasteiger partial charge in [0.2, 0.25) is 0 Å². The lowest BCUT2D eigenvalue weighted by atomic mass is 10.0. The second-order valence-electron chi connectivity index (χ2n) is 31.8. The van der Waals surface area contributed by atoms with Crippen LogP contribution in [0.25, 0.3) is 0 Å². The van der Waals surface area contributed by atoms with E-state index >= 15 is 0 Å². The molecule has 0 spiro atoms. The van der Waals surface area contributed by atoms with Gasteiger partial charge in [-0.25, -0.2) is 9.13 Å². The van der Waals surface area contributed by atoms with Crippen molar-refractivity contribution in [2.75, 3.05) is 39.6 Å². The van der Waals surface area contributed by atoms with Crippen LogP contribution >= 0.6 is 15.6 Å². The molecule has 692 valence electrons. The second-order valence-corrected chi connectivity index (χ2v) is 34.7. The fraction of sp³-hybridized carbons (Fsp3) is 0.680. The molecule has 4 N–H and O–H groups in total. The number of phosphoric acid groups is 2. The fourth-order valence-electron chi connectivity index (χ4n) is 12.9. The smallest absolute Gasteiger partial charge is 0.463 e. The van der Waals surface area contributed by atoms with Crippen molar-refractivity contribution in [2.45, 2.75) is 411 Å². The maximum Gasteiger partial charge on any atom is 0.472 e. The van der Waals surface area contributed by atoms with Crippen LogP contribution in [0.15, 0.2) is 182 Å². The van der Waals surface area contributed by atoms with Gasteiger partial charge in [-0.1, -0.05) is 396 Å². The molecule has 0 fully saturated rings. The number of ether oxygens (including phenoxy) is 3. The molecule has 0 heterocycles. The summed E-state index contributed by atoms with van der Waals surface area (Å²) in [5.41, 5.74) is 0. The molecule has 18 heteroatoms. The molecule has 0 aliphatic rings. The summed E-state index contributed by atoms with van der Waals surface area (Å²) in [5, 5.41) is 20.8. The van der Waals surface area contributed by atoms with Gasteiger partial charge in [-0.3, -0.25) is 32.5 Å². The van der Waals surface area contributed by atoms with E-state index in [4.69, 9.17) is 32.3 Å². The Hall–Kier alpha value is -5.35. The number of esters is 3. The van der Waals surface area contributed by atoms with Crippen molar-refractivity contribution in [3.8, 4) is 0 Å². The van der Waals surface area contributed by atoms with Crippen LogP contribution in [-0.4, -0.2) is 95.9 Å². The number of phosphoric ester groups is 2. The maximum absolute atomic E-state index is 13.1. The Labute approximate surface area is 738 Å². The van der Waals surface area contributed by atoms with Crippen molar-refractivity contribution in [3.63, 3.8) is 0 Å². The summed E-state index contributed by atoms with van der Waals surface area (Å²) in [5.74, 6) is -1.60. The first-order valence-electron chi connectivity index (χ1n) is 48.1. The number of aliphatic hydroxyl groups is 2. The van der Waals surface area contributed by atoms with Crippen LogP contribution in [0.3, 0.4) is 0 Å². The summed E-state index contributed by atoms with van der Waals surface area (Å²) in [7, 11) is -9.82. The SMILES string of the molecule is CC/C=C\C/C=C\C/C=C\C/C=C\C/C=C\C/C=C\CCCCCCCCCCCCC(=O)OCC(COP(=O)(O)OCC(O)COP(=O)(O)OCC(O)COC(=O)CCCCCCCCCCCCCCCCCCCCC/C=C\C/C=C\C/C=C\C/C=C\CCCCC)OC(=O)CCCCCCC/C=C\C/C=C\C/C=C\C/C=C\C/C=C\CC. The highest BCUT2D eigenvalue weighted by atomic mass is 31.2. The van der Waals surface area contributed by atoms with E-state index in [9.17, 15) is 43.5 Å². The Morgan fingerprint density at radius 1 is 0.240 bits per heavy atom. The Balaban J connectivity index is 4.56. The van der Waals surface area contributed by atoms with Gasteiger partial charge in [0, 0.05) is 19.3 Å². The number of aliphatic hydroxyl groups excluding tert-OH is 2. The monoisotopic (exact) mass is 1730 g/mol. The molecule has 5 atom stereocenters. The Kier molecular flexibility index (Phi) is 89.6. The number of hydrogen-bond acceptors (Lipinski definition) is 14. The topological polar surface area (TPSA) is 231 Å². The van der Waals surface area contributed by atoms with Gasteiger partial charge in [-0.2, -0.15) is 0 Å². The number of allylic oxidation sites excluding steroid dienone is 30. The van der Waals surface area contributed by atoms with E-state index < -0.39 is 91.5 Å². The van der Waals surface area contributed by atoms with Gasteiger partial charge >= 0.3 is 33.6 Å². The van der Waals surface area contributed by atoms with Crippen molar-refractivity contribution >= 4 is 33.6 Å². The molecule has 5 unspecified atom stereocenters. The van der Waals surface area contributed by atoms with E-state index in [0.29, 0.717) is 19.3 Å². The van der Waals surface area contributed by atoms with Crippen LogP contribution in [0, 0.1) is 0 Å². The summed E-state index contributed by atoms with van der Waals surface area (Å²) in [6.07, 6.45) is 124. The van der Waals surface area contributed by atoms with Crippen molar-refractivity contribution in [1.29, 1.82) is 0 Å². The van der Waals surface area contributed by atoms with Gasteiger partial charge in [0.05, 0.1) is 26.4 Å². The number of carbonyl (C=O) groups is 3. The number of rotatable bonds is 90. The minimum absolute atomic E-state index is 0.0759. The first kappa shape index (κ1) is 116. The zero-order chi connectivity index (χ0) is 87.9. The molecule has 0 saturated heterocycles.